The van der Waals surface area contributed by atoms with Gasteiger partial charge in [-0.2, -0.15) is 0 Å². The molecule has 6 heteroatoms. The van der Waals surface area contributed by atoms with Gasteiger partial charge in [-0.25, -0.2) is 4.98 Å². The van der Waals surface area contributed by atoms with Crippen LogP contribution >= 0.6 is 0 Å². The number of carboxylic acids is 1. The van der Waals surface area contributed by atoms with E-state index in [0.29, 0.717) is 23.9 Å². The maximum atomic E-state index is 13.1. The first-order valence-corrected chi connectivity index (χ1v) is 9.68. The van der Waals surface area contributed by atoms with Crippen LogP contribution < -0.4 is 5.32 Å². The summed E-state index contributed by atoms with van der Waals surface area (Å²) in [6.45, 7) is 4.85. The van der Waals surface area contributed by atoms with E-state index in [0.717, 1.165) is 17.0 Å². The third-order valence-corrected chi connectivity index (χ3v) is 4.43. The van der Waals surface area contributed by atoms with Gasteiger partial charge in [0.2, 0.25) is 0 Å². The number of hydrogen-bond donors (Lipinski definition) is 2. The number of amides is 1. The van der Waals surface area contributed by atoms with Gasteiger partial charge in [0.15, 0.2) is 0 Å². The molecule has 1 aromatic heterocycles. The fourth-order valence-electron chi connectivity index (χ4n) is 3.20. The van der Waals surface area contributed by atoms with E-state index in [4.69, 9.17) is 10.1 Å². The zero-order valence-electron chi connectivity index (χ0n) is 16.6. The van der Waals surface area contributed by atoms with Crippen molar-refractivity contribution in [3.05, 3.63) is 66.4 Å². The Hall–Kier alpha value is -3.41. The van der Waals surface area contributed by atoms with Crippen LogP contribution in [0.3, 0.4) is 0 Å². The van der Waals surface area contributed by atoms with Crippen LogP contribution in [-0.4, -0.2) is 33.1 Å². The molecule has 0 aliphatic heterocycles. The molecule has 2 aromatic carbocycles. The van der Waals surface area contributed by atoms with Gasteiger partial charge in [-0.3, -0.25) is 9.59 Å². The summed E-state index contributed by atoms with van der Waals surface area (Å²) in [4.78, 5) is 28.8. The molecule has 0 spiro atoms. The summed E-state index contributed by atoms with van der Waals surface area (Å²) < 4.78 is 1.94. The normalized spacial score (nSPS) is 10.9. The van der Waals surface area contributed by atoms with Gasteiger partial charge >= 0.3 is 5.97 Å². The Morgan fingerprint density at radius 3 is 2.14 bits per heavy atom. The number of benzene rings is 2. The standard InChI is InChI=1S/C23H25N3O3/c1-16(2)15-26-21(23(29)24-14-13-19(27)28)20(17-9-5-3-6-10-17)25-22(26)18-11-7-4-8-12-18/h3-12,16H,13-15H2,1-2H3,(H,24,29)(H,27,28). The number of aromatic nitrogens is 2. The van der Waals surface area contributed by atoms with Crippen LogP contribution in [0, 0.1) is 5.92 Å². The summed E-state index contributed by atoms with van der Waals surface area (Å²) in [5.74, 6) is -0.253. The molecule has 0 saturated heterocycles. The third-order valence-electron chi connectivity index (χ3n) is 4.43. The minimum Gasteiger partial charge on any atom is -0.481 e. The van der Waals surface area contributed by atoms with Crippen molar-refractivity contribution in [2.75, 3.05) is 6.54 Å². The number of rotatable bonds is 8. The minimum atomic E-state index is -0.950. The number of carbonyl (C=O) groups is 2. The second-order valence-corrected chi connectivity index (χ2v) is 7.27. The van der Waals surface area contributed by atoms with Crippen molar-refractivity contribution in [3.63, 3.8) is 0 Å². The van der Waals surface area contributed by atoms with E-state index in [1.165, 1.54) is 0 Å². The summed E-state index contributed by atoms with van der Waals surface area (Å²) in [5.41, 5.74) is 2.82. The molecular formula is C23H25N3O3. The maximum Gasteiger partial charge on any atom is 0.305 e. The molecular weight excluding hydrogens is 366 g/mol. The van der Waals surface area contributed by atoms with Gasteiger partial charge in [0, 0.05) is 24.2 Å². The van der Waals surface area contributed by atoms with E-state index in [9.17, 15) is 9.59 Å². The number of nitrogens with one attached hydrogen (secondary N) is 1. The van der Waals surface area contributed by atoms with Crippen molar-refractivity contribution in [2.45, 2.75) is 26.8 Å². The Balaban J connectivity index is 2.14. The van der Waals surface area contributed by atoms with Crippen LogP contribution in [0.4, 0.5) is 0 Å². The van der Waals surface area contributed by atoms with Crippen LogP contribution in [0.2, 0.25) is 0 Å². The molecule has 3 aromatic rings. The van der Waals surface area contributed by atoms with E-state index in [1.54, 1.807) is 0 Å². The Bertz CT molecular complexity index is 979. The average molecular weight is 391 g/mol. The Labute approximate surface area is 170 Å². The van der Waals surface area contributed by atoms with Gasteiger partial charge in [0.05, 0.1) is 6.42 Å². The largest absolute Gasteiger partial charge is 0.481 e. The summed E-state index contributed by atoms with van der Waals surface area (Å²) in [6, 6.07) is 19.3. The Kier molecular flexibility index (Phi) is 6.44. The number of aliphatic carboxylic acids is 1. The topological polar surface area (TPSA) is 84.2 Å². The highest BCUT2D eigenvalue weighted by Crippen LogP contribution is 2.30. The molecule has 0 saturated carbocycles. The molecule has 6 nitrogen and oxygen atoms in total. The zero-order valence-corrected chi connectivity index (χ0v) is 16.6. The molecule has 0 fully saturated rings. The molecule has 0 radical (unpaired) electrons. The lowest BCUT2D eigenvalue weighted by molar-refractivity contribution is -0.136. The lowest BCUT2D eigenvalue weighted by Gasteiger charge is -2.15. The molecule has 0 unspecified atom stereocenters. The lowest BCUT2D eigenvalue weighted by Crippen LogP contribution is -2.29. The number of nitrogens with zero attached hydrogens (tertiary/aromatic N) is 2. The van der Waals surface area contributed by atoms with Crippen molar-refractivity contribution >= 4 is 11.9 Å². The molecule has 3 rings (SSSR count). The van der Waals surface area contributed by atoms with Crippen LogP contribution in [0.1, 0.15) is 30.8 Å². The zero-order chi connectivity index (χ0) is 20.8. The van der Waals surface area contributed by atoms with E-state index in [2.05, 4.69) is 19.2 Å². The van der Waals surface area contributed by atoms with Crippen molar-refractivity contribution in [1.82, 2.24) is 14.9 Å². The summed E-state index contributed by atoms with van der Waals surface area (Å²) in [6.07, 6.45) is -0.129. The summed E-state index contributed by atoms with van der Waals surface area (Å²) in [7, 11) is 0. The quantitative estimate of drug-likeness (QED) is 0.606. The molecule has 0 aliphatic rings. The van der Waals surface area contributed by atoms with Crippen LogP contribution in [0.5, 0.6) is 0 Å². The smallest absolute Gasteiger partial charge is 0.305 e. The highest BCUT2D eigenvalue weighted by molar-refractivity contribution is 5.99. The fraction of sp³-hybridized carbons (Fsp3) is 0.261. The van der Waals surface area contributed by atoms with E-state index >= 15 is 0 Å². The number of imidazole rings is 1. The summed E-state index contributed by atoms with van der Waals surface area (Å²) in [5, 5.41) is 11.6. The van der Waals surface area contributed by atoms with Crippen molar-refractivity contribution in [3.8, 4) is 22.6 Å². The SMILES string of the molecule is CC(C)Cn1c(-c2ccccc2)nc(-c2ccccc2)c1C(=O)NCCC(=O)O. The monoisotopic (exact) mass is 391 g/mol. The highest BCUT2D eigenvalue weighted by Gasteiger charge is 2.25. The molecule has 0 aliphatic carbocycles. The first-order chi connectivity index (χ1) is 14.0. The van der Waals surface area contributed by atoms with Crippen molar-refractivity contribution < 1.29 is 14.7 Å². The predicted molar refractivity (Wildman–Crippen MR) is 113 cm³/mol. The first kappa shape index (κ1) is 20.3. The number of carbonyl (C=O) groups excluding carboxylic acids is 1. The minimum absolute atomic E-state index is 0.0654. The van der Waals surface area contributed by atoms with Gasteiger partial charge in [-0.15, -0.1) is 0 Å². The molecule has 29 heavy (non-hydrogen) atoms. The molecule has 2 N–H and O–H groups in total. The molecule has 1 amide bonds. The molecule has 0 bridgehead atoms. The van der Waals surface area contributed by atoms with E-state index in [1.807, 2.05) is 65.2 Å². The summed E-state index contributed by atoms with van der Waals surface area (Å²) >= 11 is 0. The molecule has 150 valence electrons. The Morgan fingerprint density at radius 1 is 1.00 bits per heavy atom. The van der Waals surface area contributed by atoms with Gasteiger partial charge in [-0.05, 0) is 5.92 Å². The maximum absolute atomic E-state index is 13.1. The van der Waals surface area contributed by atoms with E-state index < -0.39 is 5.97 Å². The van der Waals surface area contributed by atoms with E-state index in [-0.39, 0.29) is 18.9 Å². The van der Waals surface area contributed by atoms with Gasteiger partial charge in [-0.1, -0.05) is 74.5 Å². The molecule has 1 heterocycles. The van der Waals surface area contributed by atoms with Gasteiger partial charge in [0.1, 0.15) is 17.2 Å². The second-order valence-electron chi connectivity index (χ2n) is 7.27. The van der Waals surface area contributed by atoms with Crippen molar-refractivity contribution in [2.24, 2.45) is 5.92 Å². The van der Waals surface area contributed by atoms with Gasteiger partial charge in [0.25, 0.3) is 5.91 Å². The number of hydrogen-bond acceptors (Lipinski definition) is 3. The van der Waals surface area contributed by atoms with Crippen LogP contribution in [0.25, 0.3) is 22.6 Å². The van der Waals surface area contributed by atoms with Crippen molar-refractivity contribution in [1.29, 1.82) is 0 Å². The van der Waals surface area contributed by atoms with Crippen LogP contribution in [-0.2, 0) is 11.3 Å². The third kappa shape index (κ3) is 4.90. The fourth-order valence-corrected chi connectivity index (χ4v) is 3.20. The Morgan fingerprint density at radius 2 is 1.59 bits per heavy atom. The second kappa shape index (κ2) is 9.19. The lowest BCUT2D eigenvalue weighted by atomic mass is 10.1. The average Bonchev–Trinajstić information content (AvgIpc) is 3.07. The van der Waals surface area contributed by atoms with Crippen LogP contribution in [0.15, 0.2) is 60.7 Å². The first-order valence-electron chi connectivity index (χ1n) is 9.68. The van der Waals surface area contributed by atoms with Gasteiger partial charge < -0.3 is 15.0 Å². The number of carboxylic acid groups (broad SMARTS) is 1. The highest BCUT2D eigenvalue weighted by atomic mass is 16.4. The predicted octanol–water partition coefficient (Wildman–Crippen LogP) is 4.08. The molecule has 0 atom stereocenters.